The van der Waals surface area contributed by atoms with Crippen LogP contribution in [0.1, 0.15) is 36.0 Å². The maximum absolute atomic E-state index is 13.4. The third-order valence-corrected chi connectivity index (χ3v) is 4.15. The van der Waals surface area contributed by atoms with Crippen molar-refractivity contribution in [3.05, 3.63) is 34.1 Å². The SMILES string of the molecule is NCC1(NC(=O)c2ccc(Br)c(F)c2)CCCC1. The van der Waals surface area contributed by atoms with Gasteiger partial charge in [-0.1, -0.05) is 12.8 Å². The van der Waals surface area contributed by atoms with Crippen LogP contribution in [0.2, 0.25) is 0 Å². The normalized spacial score (nSPS) is 17.7. The maximum Gasteiger partial charge on any atom is 0.251 e. The number of hydrogen-bond acceptors (Lipinski definition) is 2. The molecule has 0 aliphatic heterocycles. The number of carbonyl (C=O) groups excluding carboxylic acids is 1. The van der Waals surface area contributed by atoms with E-state index in [0.29, 0.717) is 16.6 Å². The van der Waals surface area contributed by atoms with Crippen LogP contribution in [0.4, 0.5) is 4.39 Å². The minimum atomic E-state index is -0.434. The van der Waals surface area contributed by atoms with Crippen LogP contribution in [0.25, 0.3) is 0 Å². The van der Waals surface area contributed by atoms with E-state index in [0.717, 1.165) is 25.7 Å². The monoisotopic (exact) mass is 314 g/mol. The average Bonchev–Trinajstić information content (AvgIpc) is 2.82. The molecule has 98 valence electrons. The zero-order chi connectivity index (χ0) is 13.2. The van der Waals surface area contributed by atoms with Crippen LogP contribution < -0.4 is 11.1 Å². The van der Waals surface area contributed by atoms with Gasteiger partial charge in [0.25, 0.3) is 5.91 Å². The van der Waals surface area contributed by atoms with Crippen molar-refractivity contribution >= 4 is 21.8 Å². The molecule has 1 aromatic carbocycles. The quantitative estimate of drug-likeness (QED) is 0.901. The minimum absolute atomic E-state index is 0.256. The molecule has 0 bridgehead atoms. The molecule has 1 amide bonds. The Morgan fingerprint density at radius 1 is 1.44 bits per heavy atom. The van der Waals surface area contributed by atoms with E-state index in [2.05, 4.69) is 21.2 Å². The molecular weight excluding hydrogens is 299 g/mol. The molecule has 2 rings (SSSR count). The zero-order valence-electron chi connectivity index (χ0n) is 10.0. The van der Waals surface area contributed by atoms with E-state index in [1.165, 1.54) is 12.1 Å². The Bertz CT molecular complexity index is 458. The van der Waals surface area contributed by atoms with Crippen LogP contribution in [0, 0.1) is 5.82 Å². The van der Waals surface area contributed by atoms with Crippen molar-refractivity contribution in [1.29, 1.82) is 0 Å². The molecule has 0 radical (unpaired) electrons. The van der Waals surface area contributed by atoms with Gasteiger partial charge in [-0.05, 0) is 47.0 Å². The summed E-state index contributed by atoms with van der Waals surface area (Å²) >= 11 is 3.06. The smallest absolute Gasteiger partial charge is 0.251 e. The van der Waals surface area contributed by atoms with Crippen LogP contribution in [0.3, 0.4) is 0 Å². The molecule has 0 saturated heterocycles. The molecule has 1 aliphatic rings. The van der Waals surface area contributed by atoms with Gasteiger partial charge in [0.1, 0.15) is 5.82 Å². The van der Waals surface area contributed by atoms with Crippen LogP contribution in [0.5, 0.6) is 0 Å². The molecule has 1 aromatic rings. The highest BCUT2D eigenvalue weighted by molar-refractivity contribution is 9.10. The Balaban J connectivity index is 2.13. The van der Waals surface area contributed by atoms with E-state index >= 15 is 0 Å². The van der Waals surface area contributed by atoms with Crippen molar-refractivity contribution in [2.24, 2.45) is 5.73 Å². The summed E-state index contributed by atoms with van der Waals surface area (Å²) < 4.78 is 13.7. The van der Waals surface area contributed by atoms with Gasteiger partial charge < -0.3 is 11.1 Å². The molecule has 0 unspecified atom stereocenters. The van der Waals surface area contributed by atoms with Gasteiger partial charge in [0, 0.05) is 12.1 Å². The average molecular weight is 315 g/mol. The van der Waals surface area contributed by atoms with E-state index in [1.807, 2.05) is 0 Å². The summed E-state index contributed by atoms with van der Waals surface area (Å²) in [5.74, 6) is -0.690. The third-order valence-electron chi connectivity index (χ3n) is 3.51. The molecule has 3 nitrogen and oxygen atoms in total. The summed E-state index contributed by atoms with van der Waals surface area (Å²) in [6, 6.07) is 4.37. The van der Waals surface area contributed by atoms with Gasteiger partial charge >= 0.3 is 0 Å². The third kappa shape index (κ3) is 2.72. The fourth-order valence-corrected chi connectivity index (χ4v) is 2.63. The number of amides is 1. The second-order valence-corrected chi connectivity index (χ2v) is 5.63. The Hall–Kier alpha value is -0.940. The van der Waals surface area contributed by atoms with Crippen LogP contribution in [-0.4, -0.2) is 18.0 Å². The van der Waals surface area contributed by atoms with Gasteiger partial charge in [0.05, 0.1) is 10.0 Å². The Labute approximate surface area is 114 Å². The molecule has 18 heavy (non-hydrogen) atoms. The molecule has 3 N–H and O–H groups in total. The summed E-state index contributed by atoms with van der Waals surface area (Å²) in [6.45, 7) is 0.428. The largest absolute Gasteiger partial charge is 0.345 e. The maximum atomic E-state index is 13.4. The molecule has 0 heterocycles. The summed E-state index contributed by atoms with van der Waals surface area (Å²) in [5, 5.41) is 2.96. The van der Waals surface area contributed by atoms with E-state index in [4.69, 9.17) is 5.73 Å². The van der Waals surface area contributed by atoms with Crippen molar-refractivity contribution in [3.63, 3.8) is 0 Å². The lowest BCUT2D eigenvalue weighted by Gasteiger charge is -2.28. The number of halogens is 2. The van der Waals surface area contributed by atoms with Crippen LogP contribution in [0.15, 0.2) is 22.7 Å². The van der Waals surface area contributed by atoms with Gasteiger partial charge in [-0.3, -0.25) is 4.79 Å². The van der Waals surface area contributed by atoms with Crippen molar-refractivity contribution < 1.29 is 9.18 Å². The lowest BCUT2D eigenvalue weighted by atomic mass is 9.97. The van der Waals surface area contributed by atoms with E-state index in [9.17, 15) is 9.18 Å². The summed E-state index contributed by atoms with van der Waals surface area (Å²) in [6.07, 6.45) is 3.95. The number of hydrogen-bond donors (Lipinski definition) is 2. The molecule has 0 aromatic heterocycles. The van der Waals surface area contributed by atoms with E-state index < -0.39 is 5.82 Å². The highest BCUT2D eigenvalue weighted by Crippen LogP contribution is 2.29. The first-order chi connectivity index (χ1) is 8.56. The second kappa shape index (κ2) is 5.36. The number of nitrogens with one attached hydrogen (secondary N) is 1. The fraction of sp³-hybridized carbons (Fsp3) is 0.462. The van der Waals surface area contributed by atoms with Crippen molar-refractivity contribution in [2.75, 3.05) is 6.54 Å². The highest BCUT2D eigenvalue weighted by Gasteiger charge is 2.34. The van der Waals surface area contributed by atoms with Crippen LogP contribution in [-0.2, 0) is 0 Å². The number of carbonyl (C=O) groups is 1. The summed E-state index contributed by atoms with van der Waals surface area (Å²) in [4.78, 5) is 12.1. The fourth-order valence-electron chi connectivity index (χ4n) is 2.38. The summed E-state index contributed by atoms with van der Waals surface area (Å²) in [5.41, 5.74) is 5.78. The topological polar surface area (TPSA) is 55.1 Å². The van der Waals surface area contributed by atoms with Gasteiger partial charge in [-0.2, -0.15) is 0 Å². The van der Waals surface area contributed by atoms with Gasteiger partial charge in [-0.15, -0.1) is 0 Å². The van der Waals surface area contributed by atoms with Crippen molar-refractivity contribution in [2.45, 2.75) is 31.2 Å². The molecule has 1 aliphatic carbocycles. The minimum Gasteiger partial charge on any atom is -0.345 e. The first-order valence-corrected chi connectivity index (χ1v) is 6.83. The second-order valence-electron chi connectivity index (χ2n) is 4.77. The van der Waals surface area contributed by atoms with E-state index in [-0.39, 0.29) is 11.4 Å². The Morgan fingerprint density at radius 3 is 2.67 bits per heavy atom. The molecule has 5 heteroatoms. The molecule has 1 saturated carbocycles. The molecule has 0 atom stereocenters. The number of nitrogens with two attached hydrogens (primary N) is 1. The standard InChI is InChI=1S/C13H16BrFN2O/c14-10-4-3-9(7-11(10)15)12(18)17-13(8-16)5-1-2-6-13/h3-4,7H,1-2,5-6,8,16H2,(H,17,18). The predicted molar refractivity (Wildman–Crippen MR) is 71.8 cm³/mol. The number of benzene rings is 1. The van der Waals surface area contributed by atoms with E-state index in [1.54, 1.807) is 6.07 Å². The highest BCUT2D eigenvalue weighted by atomic mass is 79.9. The molecular formula is C13H16BrFN2O. The molecule has 0 spiro atoms. The van der Waals surface area contributed by atoms with Crippen LogP contribution >= 0.6 is 15.9 Å². The van der Waals surface area contributed by atoms with Gasteiger partial charge in [-0.25, -0.2) is 4.39 Å². The van der Waals surface area contributed by atoms with Gasteiger partial charge in [0.2, 0.25) is 0 Å². The lowest BCUT2D eigenvalue weighted by molar-refractivity contribution is 0.0902. The van der Waals surface area contributed by atoms with Crippen molar-refractivity contribution in [1.82, 2.24) is 5.32 Å². The first-order valence-electron chi connectivity index (χ1n) is 6.04. The number of rotatable bonds is 3. The Morgan fingerprint density at radius 2 is 2.11 bits per heavy atom. The summed E-state index contributed by atoms with van der Waals surface area (Å²) in [7, 11) is 0. The Kier molecular flexibility index (Phi) is 4.02. The molecule has 1 fully saturated rings. The van der Waals surface area contributed by atoms with Crippen molar-refractivity contribution in [3.8, 4) is 0 Å². The first kappa shape index (κ1) is 13.5. The lowest BCUT2D eigenvalue weighted by Crippen LogP contribution is -2.51. The zero-order valence-corrected chi connectivity index (χ0v) is 11.6. The van der Waals surface area contributed by atoms with Gasteiger partial charge in [0.15, 0.2) is 0 Å². The predicted octanol–water partition coefficient (Wildman–Crippen LogP) is 2.59.